The van der Waals surface area contributed by atoms with Crippen LogP contribution in [0.5, 0.6) is 5.75 Å². The third kappa shape index (κ3) is 4.74. The van der Waals surface area contributed by atoms with Crippen LogP contribution in [0.25, 0.3) is 0 Å². The number of hydrogen-bond donors (Lipinski definition) is 1. The molecule has 2 aromatic rings. The maximum atomic E-state index is 8.67. The molecule has 1 N–H and O–H groups in total. The summed E-state index contributed by atoms with van der Waals surface area (Å²) in [5, 5.41) is 12.2. The van der Waals surface area contributed by atoms with E-state index in [1.165, 1.54) is 5.56 Å². The molecule has 24 heavy (non-hydrogen) atoms. The van der Waals surface area contributed by atoms with E-state index in [1.54, 1.807) is 7.11 Å². The summed E-state index contributed by atoms with van der Waals surface area (Å²) in [6.07, 6.45) is 0.538. The van der Waals surface area contributed by atoms with E-state index in [-0.39, 0.29) is 6.04 Å². The van der Waals surface area contributed by atoms with Gasteiger partial charge in [-0.05, 0) is 30.7 Å². The second-order valence-corrected chi connectivity index (χ2v) is 5.84. The number of methoxy groups -OCH3 is 1. The van der Waals surface area contributed by atoms with Crippen molar-refractivity contribution in [3.63, 3.8) is 0 Å². The van der Waals surface area contributed by atoms with Gasteiger partial charge in [-0.2, -0.15) is 5.26 Å². The molecule has 1 unspecified atom stereocenters. The number of nitriles is 1. The first-order chi connectivity index (χ1) is 11.7. The molecule has 0 aliphatic rings. The smallest absolute Gasteiger partial charge is 0.123 e. The van der Waals surface area contributed by atoms with E-state index in [1.807, 2.05) is 25.2 Å². The zero-order chi connectivity index (χ0) is 17.4. The zero-order valence-electron chi connectivity index (χ0n) is 14.6. The van der Waals surface area contributed by atoms with Crippen LogP contribution in [-0.2, 0) is 6.54 Å². The van der Waals surface area contributed by atoms with Crippen LogP contribution in [-0.4, -0.2) is 20.7 Å². The van der Waals surface area contributed by atoms with Crippen LogP contribution in [0.15, 0.2) is 48.5 Å². The Balaban J connectivity index is 1.93. The summed E-state index contributed by atoms with van der Waals surface area (Å²) in [6.45, 7) is 3.68. The van der Waals surface area contributed by atoms with Gasteiger partial charge < -0.3 is 15.0 Å². The van der Waals surface area contributed by atoms with E-state index in [4.69, 9.17) is 10.00 Å². The van der Waals surface area contributed by atoms with Crippen molar-refractivity contribution in [3.8, 4) is 11.8 Å². The molecular weight excluding hydrogens is 298 g/mol. The number of nitrogens with one attached hydrogen (secondary N) is 1. The standard InChI is InChI=1S/C20H25N3O/c1-16(19-7-4-5-8-20(19)24-3)22-15-17-9-11-18(12-10-17)23(2)14-6-13-21/h4-5,7-12,16,22H,6,14-15H2,1-3H3. The molecule has 0 radical (unpaired) electrons. The highest BCUT2D eigenvalue weighted by molar-refractivity contribution is 5.47. The van der Waals surface area contributed by atoms with Crippen LogP contribution >= 0.6 is 0 Å². The van der Waals surface area contributed by atoms with Gasteiger partial charge in [0.2, 0.25) is 0 Å². The predicted molar refractivity (Wildman–Crippen MR) is 98.2 cm³/mol. The Kier molecular flexibility index (Phi) is 6.65. The molecule has 2 rings (SSSR count). The number of nitrogens with zero attached hydrogens (tertiary/aromatic N) is 2. The molecule has 0 saturated heterocycles. The fraction of sp³-hybridized carbons (Fsp3) is 0.350. The molecule has 4 heteroatoms. The van der Waals surface area contributed by atoms with Crippen LogP contribution in [0.4, 0.5) is 5.69 Å². The van der Waals surface area contributed by atoms with E-state index in [9.17, 15) is 0 Å². The molecule has 126 valence electrons. The van der Waals surface area contributed by atoms with Gasteiger partial charge in [0.1, 0.15) is 5.75 Å². The zero-order valence-corrected chi connectivity index (χ0v) is 14.6. The lowest BCUT2D eigenvalue weighted by Crippen LogP contribution is -2.19. The fourth-order valence-electron chi connectivity index (χ4n) is 2.62. The van der Waals surface area contributed by atoms with Gasteiger partial charge in [-0.15, -0.1) is 0 Å². The van der Waals surface area contributed by atoms with Crippen LogP contribution < -0.4 is 15.0 Å². The Labute approximate surface area is 144 Å². The lowest BCUT2D eigenvalue weighted by Gasteiger charge is -2.19. The van der Waals surface area contributed by atoms with Crippen molar-refractivity contribution < 1.29 is 4.74 Å². The molecular formula is C20H25N3O. The van der Waals surface area contributed by atoms with Gasteiger partial charge in [-0.3, -0.25) is 0 Å². The van der Waals surface area contributed by atoms with Gasteiger partial charge in [0.25, 0.3) is 0 Å². The summed E-state index contributed by atoms with van der Waals surface area (Å²) in [4.78, 5) is 2.10. The lowest BCUT2D eigenvalue weighted by molar-refractivity contribution is 0.401. The maximum absolute atomic E-state index is 8.67. The van der Waals surface area contributed by atoms with Crippen LogP contribution in [0.2, 0.25) is 0 Å². The van der Waals surface area contributed by atoms with Crippen LogP contribution in [0, 0.1) is 11.3 Å². The van der Waals surface area contributed by atoms with Gasteiger partial charge in [-0.25, -0.2) is 0 Å². The number of para-hydroxylation sites is 1. The van der Waals surface area contributed by atoms with Gasteiger partial charge >= 0.3 is 0 Å². The molecule has 0 saturated carbocycles. The minimum atomic E-state index is 0.208. The number of benzene rings is 2. The lowest BCUT2D eigenvalue weighted by atomic mass is 10.1. The number of rotatable bonds is 8. The molecule has 1 atom stereocenters. The topological polar surface area (TPSA) is 48.3 Å². The predicted octanol–water partition coefficient (Wildman–Crippen LogP) is 3.90. The molecule has 0 aliphatic heterocycles. The van der Waals surface area contributed by atoms with E-state index < -0.39 is 0 Å². The summed E-state index contributed by atoms with van der Waals surface area (Å²) < 4.78 is 5.42. The van der Waals surface area contributed by atoms with Crippen molar-refractivity contribution in [2.75, 3.05) is 25.6 Å². The highest BCUT2D eigenvalue weighted by Gasteiger charge is 2.10. The first-order valence-electron chi connectivity index (χ1n) is 8.19. The van der Waals surface area contributed by atoms with Gasteiger partial charge in [0.05, 0.1) is 19.6 Å². The molecule has 0 aliphatic carbocycles. The average Bonchev–Trinajstić information content (AvgIpc) is 2.64. The van der Waals surface area contributed by atoms with E-state index in [0.29, 0.717) is 6.42 Å². The quantitative estimate of drug-likeness (QED) is 0.800. The van der Waals surface area contributed by atoms with Crippen molar-refractivity contribution >= 4 is 5.69 Å². The maximum Gasteiger partial charge on any atom is 0.123 e. The minimum absolute atomic E-state index is 0.208. The Hall–Kier alpha value is -2.51. The Bertz CT molecular complexity index is 676. The second kappa shape index (κ2) is 8.95. The Morgan fingerprint density at radius 2 is 1.88 bits per heavy atom. The summed E-state index contributed by atoms with van der Waals surface area (Å²) >= 11 is 0. The highest BCUT2D eigenvalue weighted by atomic mass is 16.5. The molecule has 0 aromatic heterocycles. The minimum Gasteiger partial charge on any atom is -0.496 e. The van der Waals surface area contributed by atoms with E-state index in [2.05, 4.69) is 53.5 Å². The normalized spacial score (nSPS) is 11.6. The number of ether oxygens (including phenoxy) is 1. The van der Waals surface area contributed by atoms with Crippen molar-refractivity contribution in [1.29, 1.82) is 5.26 Å². The average molecular weight is 323 g/mol. The van der Waals surface area contributed by atoms with Gasteiger partial charge in [0.15, 0.2) is 0 Å². The Morgan fingerprint density at radius 3 is 2.54 bits per heavy atom. The van der Waals surface area contributed by atoms with Gasteiger partial charge in [-0.1, -0.05) is 30.3 Å². The van der Waals surface area contributed by atoms with Gasteiger partial charge in [0, 0.05) is 37.4 Å². The molecule has 2 aromatic carbocycles. The fourth-order valence-corrected chi connectivity index (χ4v) is 2.62. The molecule has 0 fully saturated rings. The molecule has 0 heterocycles. The summed E-state index contributed by atoms with van der Waals surface area (Å²) in [6, 6.07) is 18.9. The largest absolute Gasteiger partial charge is 0.496 e. The second-order valence-electron chi connectivity index (χ2n) is 5.84. The summed E-state index contributed by atoms with van der Waals surface area (Å²) in [5.41, 5.74) is 3.52. The van der Waals surface area contributed by atoms with E-state index >= 15 is 0 Å². The molecule has 0 bridgehead atoms. The summed E-state index contributed by atoms with van der Waals surface area (Å²) in [5.74, 6) is 0.909. The number of anilines is 1. The number of hydrogen-bond acceptors (Lipinski definition) is 4. The Morgan fingerprint density at radius 1 is 1.17 bits per heavy atom. The van der Waals surface area contributed by atoms with Crippen molar-refractivity contribution in [2.24, 2.45) is 0 Å². The van der Waals surface area contributed by atoms with Crippen molar-refractivity contribution in [3.05, 3.63) is 59.7 Å². The third-order valence-corrected chi connectivity index (χ3v) is 4.15. The van der Waals surface area contributed by atoms with Crippen molar-refractivity contribution in [1.82, 2.24) is 5.32 Å². The molecule has 0 amide bonds. The van der Waals surface area contributed by atoms with Crippen molar-refractivity contribution in [2.45, 2.75) is 25.9 Å². The molecule has 0 spiro atoms. The highest BCUT2D eigenvalue weighted by Crippen LogP contribution is 2.24. The van der Waals surface area contributed by atoms with Crippen LogP contribution in [0.1, 0.15) is 30.5 Å². The van der Waals surface area contributed by atoms with Crippen LogP contribution in [0.3, 0.4) is 0 Å². The van der Waals surface area contributed by atoms with E-state index in [0.717, 1.165) is 30.1 Å². The monoisotopic (exact) mass is 323 g/mol. The summed E-state index contributed by atoms with van der Waals surface area (Å²) in [7, 11) is 3.71. The first kappa shape index (κ1) is 17.8. The first-order valence-corrected chi connectivity index (χ1v) is 8.19. The SMILES string of the molecule is COc1ccccc1C(C)NCc1ccc(N(C)CCC#N)cc1. The third-order valence-electron chi connectivity index (χ3n) is 4.15. The molecule has 4 nitrogen and oxygen atoms in total.